The number of carbonyl (C=O) groups excluding carboxylic acids is 1. The summed E-state index contributed by atoms with van der Waals surface area (Å²) < 4.78 is 50.9. The Morgan fingerprint density at radius 3 is 2.63 bits per heavy atom. The van der Waals surface area contributed by atoms with Gasteiger partial charge in [-0.25, -0.2) is 13.8 Å². The first kappa shape index (κ1) is 29.0. The summed E-state index contributed by atoms with van der Waals surface area (Å²) in [5.41, 5.74) is 4.75. The molecule has 15 nitrogen and oxygen atoms in total. The van der Waals surface area contributed by atoms with Crippen LogP contribution < -0.4 is 20.9 Å². The summed E-state index contributed by atoms with van der Waals surface area (Å²) in [6, 6.07) is 7.37. The molecule has 1 aromatic carbocycles. The van der Waals surface area contributed by atoms with Crippen molar-refractivity contribution in [3.63, 3.8) is 0 Å². The number of azide groups is 1. The van der Waals surface area contributed by atoms with E-state index in [0.29, 0.717) is 4.57 Å². The van der Waals surface area contributed by atoms with Crippen molar-refractivity contribution in [1.82, 2.24) is 14.6 Å². The highest BCUT2D eigenvalue weighted by atomic mass is 31.2. The Labute approximate surface area is 214 Å². The molecular weight excluding hydrogens is 530 g/mol. The van der Waals surface area contributed by atoms with Crippen molar-refractivity contribution < 1.29 is 37.4 Å². The standard InChI is InChI=1S/C21H26FN6O9P/c1-12(2)35-19(31)13(3)25-38(33,37-14-7-5-4-6-8-14)34-11-21(26-27-23)17(30)16(22)18(36-21)28-10-9-15(29)24-20(28)32/h4-10,12-13,16-18,30H,11H2,1-3H3,(H,25,33)(H,24,29,32)/t13-,16+,17-,18+,21+,38?/m0/s1. The highest BCUT2D eigenvalue weighted by Crippen LogP contribution is 2.48. The maximum absolute atomic E-state index is 15.1. The molecule has 1 aromatic heterocycles. The van der Waals surface area contributed by atoms with Crippen molar-refractivity contribution >= 4 is 13.7 Å². The van der Waals surface area contributed by atoms with E-state index >= 15 is 4.39 Å². The van der Waals surface area contributed by atoms with Gasteiger partial charge in [-0.1, -0.05) is 23.3 Å². The van der Waals surface area contributed by atoms with Crippen molar-refractivity contribution in [2.45, 2.75) is 57.1 Å². The summed E-state index contributed by atoms with van der Waals surface area (Å²) in [6.45, 7) is 3.51. The third-order valence-electron chi connectivity index (χ3n) is 5.17. The first-order chi connectivity index (χ1) is 17.9. The smallest absolute Gasteiger partial charge is 0.459 e. The second-order valence-corrected chi connectivity index (χ2v) is 10.2. The van der Waals surface area contributed by atoms with Gasteiger partial charge >= 0.3 is 19.4 Å². The minimum absolute atomic E-state index is 0.0551. The molecule has 1 fully saturated rings. The number of aromatic amines is 1. The van der Waals surface area contributed by atoms with Crippen LogP contribution in [0.2, 0.25) is 0 Å². The van der Waals surface area contributed by atoms with Gasteiger partial charge in [0.15, 0.2) is 12.4 Å². The third-order valence-corrected chi connectivity index (χ3v) is 6.79. The molecule has 0 aliphatic carbocycles. The number of rotatable bonds is 11. The van der Waals surface area contributed by atoms with Crippen LogP contribution in [0.4, 0.5) is 4.39 Å². The van der Waals surface area contributed by atoms with Crippen LogP contribution in [0.5, 0.6) is 5.75 Å². The molecule has 38 heavy (non-hydrogen) atoms. The number of aliphatic hydroxyl groups excluding tert-OH is 1. The zero-order chi connectivity index (χ0) is 28.1. The Hall–Kier alpha value is -3.52. The second kappa shape index (κ2) is 11.9. The summed E-state index contributed by atoms with van der Waals surface area (Å²) in [5.74, 6) is -0.733. The van der Waals surface area contributed by atoms with Crippen molar-refractivity contribution in [2.24, 2.45) is 5.11 Å². The van der Waals surface area contributed by atoms with Gasteiger partial charge in [-0.05, 0) is 38.4 Å². The lowest BCUT2D eigenvalue weighted by atomic mass is 10.1. The molecule has 3 N–H and O–H groups in total. The van der Waals surface area contributed by atoms with Gasteiger partial charge in [-0.2, -0.15) is 5.09 Å². The normalized spacial score (nSPS) is 25.3. The molecule has 0 bridgehead atoms. The largest absolute Gasteiger partial charge is 0.462 e. The minimum Gasteiger partial charge on any atom is -0.462 e. The molecule has 2 heterocycles. The van der Waals surface area contributed by atoms with Crippen LogP contribution in [0.3, 0.4) is 0 Å². The van der Waals surface area contributed by atoms with Crippen LogP contribution in [0.15, 0.2) is 57.3 Å². The molecule has 0 amide bonds. The Balaban J connectivity index is 1.91. The van der Waals surface area contributed by atoms with Gasteiger partial charge in [0.25, 0.3) is 5.56 Å². The Kier molecular flexibility index (Phi) is 9.09. The van der Waals surface area contributed by atoms with Crippen LogP contribution in [-0.4, -0.2) is 57.4 Å². The first-order valence-electron chi connectivity index (χ1n) is 11.2. The van der Waals surface area contributed by atoms with E-state index in [4.69, 9.17) is 24.1 Å². The SMILES string of the molecule is CC(C)OC(=O)[C@H](C)NP(=O)(OC[C@@]1(N=[N+]=[N-])O[C@@H](n2ccc(=O)[nH]c2=O)[C@H](F)[C@@H]1O)Oc1ccccc1. The molecule has 6 atom stereocenters. The van der Waals surface area contributed by atoms with Crippen LogP contribution in [0, 0.1) is 0 Å². The molecule has 1 unspecified atom stereocenters. The fourth-order valence-corrected chi connectivity index (χ4v) is 4.92. The molecule has 206 valence electrons. The molecule has 1 aliphatic heterocycles. The number of halogens is 1. The number of hydrogen-bond donors (Lipinski definition) is 3. The number of hydrogen-bond acceptors (Lipinski definition) is 10. The lowest BCUT2D eigenvalue weighted by Crippen LogP contribution is -2.45. The Morgan fingerprint density at radius 2 is 2.03 bits per heavy atom. The van der Waals surface area contributed by atoms with E-state index in [0.717, 1.165) is 12.3 Å². The number of benzene rings is 1. The topological polar surface area (TPSA) is 207 Å². The number of aliphatic hydroxyl groups is 1. The highest BCUT2D eigenvalue weighted by Gasteiger charge is 2.57. The monoisotopic (exact) mass is 556 g/mol. The van der Waals surface area contributed by atoms with E-state index in [1.807, 2.05) is 4.98 Å². The number of para-hydroxylation sites is 1. The number of ether oxygens (including phenoxy) is 2. The van der Waals surface area contributed by atoms with Gasteiger partial charge in [-0.15, -0.1) is 0 Å². The van der Waals surface area contributed by atoms with Crippen molar-refractivity contribution in [3.05, 3.63) is 73.9 Å². The zero-order valence-corrected chi connectivity index (χ0v) is 21.4. The summed E-state index contributed by atoms with van der Waals surface area (Å²) >= 11 is 0. The van der Waals surface area contributed by atoms with Gasteiger partial charge in [0.2, 0.25) is 5.72 Å². The molecular formula is C21H26FN6O9P. The summed E-state index contributed by atoms with van der Waals surface area (Å²) in [6.07, 6.45) is -5.98. The van der Waals surface area contributed by atoms with Gasteiger partial charge < -0.3 is 19.1 Å². The number of esters is 1. The Morgan fingerprint density at radius 1 is 1.34 bits per heavy atom. The molecule has 0 saturated carbocycles. The number of nitrogens with zero attached hydrogens (tertiary/aromatic N) is 4. The fourth-order valence-electron chi connectivity index (χ4n) is 3.40. The van der Waals surface area contributed by atoms with E-state index < -0.39 is 67.9 Å². The number of carbonyl (C=O) groups is 1. The molecule has 1 saturated heterocycles. The number of aromatic nitrogens is 2. The maximum atomic E-state index is 15.1. The molecule has 3 rings (SSSR count). The Bertz CT molecular complexity index is 1350. The lowest BCUT2D eigenvalue weighted by Gasteiger charge is -2.29. The van der Waals surface area contributed by atoms with E-state index in [9.17, 15) is 24.1 Å². The molecule has 17 heteroatoms. The molecule has 0 spiro atoms. The van der Waals surface area contributed by atoms with Crippen molar-refractivity contribution in [3.8, 4) is 5.75 Å². The molecule has 0 radical (unpaired) electrons. The number of nitrogens with one attached hydrogen (secondary N) is 2. The average molecular weight is 556 g/mol. The highest BCUT2D eigenvalue weighted by molar-refractivity contribution is 7.52. The first-order valence-corrected chi connectivity index (χ1v) is 12.8. The predicted molar refractivity (Wildman–Crippen MR) is 129 cm³/mol. The van der Waals surface area contributed by atoms with Crippen LogP contribution >= 0.6 is 7.75 Å². The van der Waals surface area contributed by atoms with Crippen molar-refractivity contribution in [2.75, 3.05) is 6.61 Å². The fraction of sp³-hybridized carbons (Fsp3) is 0.476. The second-order valence-electron chi connectivity index (χ2n) is 8.46. The van der Waals surface area contributed by atoms with Crippen LogP contribution in [0.25, 0.3) is 10.4 Å². The summed E-state index contributed by atoms with van der Waals surface area (Å²) in [5, 5.41) is 16.3. The number of alkyl halides is 1. The van der Waals surface area contributed by atoms with E-state index in [-0.39, 0.29) is 5.75 Å². The predicted octanol–water partition coefficient (Wildman–Crippen LogP) is 1.90. The lowest BCUT2D eigenvalue weighted by molar-refractivity contribution is -0.149. The third kappa shape index (κ3) is 6.67. The minimum atomic E-state index is -4.53. The van der Waals surface area contributed by atoms with Crippen molar-refractivity contribution in [1.29, 1.82) is 0 Å². The summed E-state index contributed by atoms with van der Waals surface area (Å²) in [4.78, 5) is 40.3. The molecule has 1 aliphatic rings. The van der Waals surface area contributed by atoms with Crippen LogP contribution in [0.1, 0.15) is 27.0 Å². The van der Waals surface area contributed by atoms with Crippen LogP contribution in [-0.2, 0) is 23.4 Å². The summed E-state index contributed by atoms with van der Waals surface area (Å²) in [7, 11) is -4.53. The van der Waals surface area contributed by atoms with Gasteiger partial charge in [0.1, 0.15) is 17.9 Å². The number of H-pyrrole nitrogens is 1. The quantitative estimate of drug-likeness (QED) is 0.120. The van der Waals surface area contributed by atoms with Gasteiger partial charge in [0.05, 0.1) is 12.7 Å². The molecule has 2 aromatic rings. The van der Waals surface area contributed by atoms with Gasteiger partial charge in [-0.3, -0.25) is 23.7 Å². The van der Waals surface area contributed by atoms with E-state index in [1.54, 1.807) is 32.0 Å². The maximum Gasteiger partial charge on any atom is 0.459 e. The van der Waals surface area contributed by atoms with E-state index in [2.05, 4.69) is 15.1 Å². The average Bonchev–Trinajstić information content (AvgIpc) is 3.09. The zero-order valence-electron chi connectivity index (χ0n) is 20.5. The van der Waals surface area contributed by atoms with E-state index in [1.165, 1.54) is 19.1 Å². The van der Waals surface area contributed by atoms with Gasteiger partial charge in [0, 0.05) is 17.2 Å².